The van der Waals surface area contributed by atoms with Crippen molar-refractivity contribution in [3.63, 3.8) is 0 Å². The zero-order valence-corrected chi connectivity index (χ0v) is 16.0. The van der Waals surface area contributed by atoms with Gasteiger partial charge in [0.25, 0.3) is 0 Å². The second kappa shape index (κ2) is 4.89. The van der Waals surface area contributed by atoms with Crippen molar-refractivity contribution in [2.75, 3.05) is 0 Å². The van der Waals surface area contributed by atoms with Gasteiger partial charge in [0.2, 0.25) is 0 Å². The smallest absolute Gasteiger partial charge is 0.0796 e. The van der Waals surface area contributed by atoms with Crippen LogP contribution in [0.5, 0.6) is 0 Å². The fourth-order valence-electron chi connectivity index (χ4n) is 5.63. The number of fused-ring (bicyclic) bond motifs is 12. The minimum absolute atomic E-state index is 1.22. The van der Waals surface area contributed by atoms with Gasteiger partial charge in [-0.2, -0.15) is 0 Å². The average molecular weight is 381 g/mol. The van der Waals surface area contributed by atoms with Crippen LogP contribution in [0.25, 0.3) is 65.4 Å². The molecule has 4 heterocycles. The SMILES string of the molecule is c1ccc2c(c1)c1c3ccncc3c3c4ccccc4n4c5ccccc5n2c1c34. The van der Waals surface area contributed by atoms with E-state index in [9.17, 15) is 0 Å². The molecule has 138 valence electrons. The first kappa shape index (κ1) is 14.8. The van der Waals surface area contributed by atoms with Crippen LogP contribution in [-0.4, -0.2) is 13.8 Å². The average Bonchev–Trinajstić information content (AvgIpc) is 3.34. The van der Waals surface area contributed by atoms with Gasteiger partial charge >= 0.3 is 0 Å². The minimum atomic E-state index is 1.22. The largest absolute Gasteiger partial charge is 0.305 e. The van der Waals surface area contributed by atoms with Gasteiger partial charge in [-0.3, -0.25) is 4.98 Å². The van der Waals surface area contributed by atoms with E-state index in [0.717, 1.165) is 0 Å². The summed E-state index contributed by atoms with van der Waals surface area (Å²) in [6.07, 6.45) is 3.95. The van der Waals surface area contributed by atoms with E-state index in [0.29, 0.717) is 0 Å². The molecule has 30 heavy (non-hydrogen) atoms. The summed E-state index contributed by atoms with van der Waals surface area (Å²) >= 11 is 0. The molecule has 3 nitrogen and oxygen atoms in total. The first-order valence-corrected chi connectivity index (χ1v) is 10.3. The number of aromatic nitrogens is 3. The Morgan fingerprint density at radius 2 is 0.967 bits per heavy atom. The van der Waals surface area contributed by atoms with Crippen molar-refractivity contribution in [3.8, 4) is 0 Å². The minimum Gasteiger partial charge on any atom is -0.305 e. The van der Waals surface area contributed by atoms with Gasteiger partial charge in [-0.1, -0.05) is 48.5 Å². The van der Waals surface area contributed by atoms with E-state index in [1.807, 2.05) is 12.4 Å². The van der Waals surface area contributed by atoms with Gasteiger partial charge in [-0.25, -0.2) is 0 Å². The van der Waals surface area contributed by atoms with Crippen molar-refractivity contribution < 1.29 is 0 Å². The second-order valence-corrected chi connectivity index (χ2v) is 8.06. The van der Waals surface area contributed by atoms with Crippen LogP contribution in [0.1, 0.15) is 0 Å². The summed E-state index contributed by atoms with van der Waals surface area (Å²) in [6, 6.07) is 28.4. The fourth-order valence-corrected chi connectivity index (χ4v) is 5.63. The third kappa shape index (κ3) is 1.48. The van der Waals surface area contributed by atoms with Crippen LogP contribution in [0.15, 0.2) is 91.3 Å². The van der Waals surface area contributed by atoms with Crippen LogP contribution in [0.2, 0.25) is 0 Å². The number of hydrogen-bond donors (Lipinski definition) is 0. The summed E-state index contributed by atoms with van der Waals surface area (Å²) in [5.74, 6) is 0. The second-order valence-electron chi connectivity index (χ2n) is 8.06. The Balaban J connectivity index is 1.96. The highest BCUT2D eigenvalue weighted by Gasteiger charge is 2.24. The zero-order valence-electron chi connectivity index (χ0n) is 16.0. The number of pyridine rings is 1. The van der Waals surface area contributed by atoms with Gasteiger partial charge in [-0.05, 0) is 35.7 Å². The van der Waals surface area contributed by atoms with Crippen molar-refractivity contribution in [3.05, 3.63) is 91.3 Å². The molecule has 0 bridgehead atoms. The van der Waals surface area contributed by atoms with E-state index in [1.165, 1.54) is 65.4 Å². The summed E-state index contributed by atoms with van der Waals surface area (Å²) in [5.41, 5.74) is 7.52. The molecule has 0 unspecified atom stereocenters. The van der Waals surface area contributed by atoms with Crippen LogP contribution in [0.3, 0.4) is 0 Å². The maximum atomic E-state index is 4.52. The van der Waals surface area contributed by atoms with Gasteiger partial charge in [-0.15, -0.1) is 0 Å². The standard InChI is InChI=1S/C27H15N3/c1-3-9-20-17(7-1)24-16-13-14-28-15-19(16)25-18-8-2-4-10-21(18)30-23-12-6-5-11-22(23)29(20)26(24)27(25)30/h1-15H. The molecule has 4 aromatic heterocycles. The molecular weight excluding hydrogens is 366 g/mol. The molecule has 0 saturated heterocycles. The molecule has 0 spiro atoms. The molecule has 0 amide bonds. The van der Waals surface area contributed by atoms with Gasteiger partial charge in [0.1, 0.15) is 0 Å². The third-order valence-electron chi connectivity index (χ3n) is 6.70. The van der Waals surface area contributed by atoms with Crippen LogP contribution >= 0.6 is 0 Å². The summed E-state index contributed by atoms with van der Waals surface area (Å²) in [7, 11) is 0. The van der Waals surface area contributed by atoms with Crippen LogP contribution in [0, 0.1) is 0 Å². The summed E-state index contributed by atoms with van der Waals surface area (Å²) in [4.78, 5) is 4.52. The maximum Gasteiger partial charge on any atom is 0.0796 e. The van der Waals surface area contributed by atoms with E-state index in [4.69, 9.17) is 0 Å². The van der Waals surface area contributed by atoms with Crippen molar-refractivity contribution in [2.24, 2.45) is 0 Å². The summed E-state index contributed by atoms with van der Waals surface area (Å²) in [6.45, 7) is 0. The normalized spacial score (nSPS) is 12.7. The Morgan fingerprint density at radius 3 is 1.57 bits per heavy atom. The monoisotopic (exact) mass is 381 g/mol. The van der Waals surface area contributed by atoms with E-state index in [-0.39, 0.29) is 0 Å². The van der Waals surface area contributed by atoms with E-state index in [1.54, 1.807) is 0 Å². The Kier molecular flexibility index (Phi) is 2.42. The number of para-hydroxylation sites is 4. The Labute approximate surface area is 170 Å². The van der Waals surface area contributed by atoms with Gasteiger partial charge in [0.05, 0.1) is 33.1 Å². The highest BCUT2D eigenvalue weighted by molar-refractivity contribution is 6.36. The van der Waals surface area contributed by atoms with Crippen molar-refractivity contribution in [1.82, 2.24) is 13.8 Å². The van der Waals surface area contributed by atoms with Crippen LogP contribution in [0.4, 0.5) is 0 Å². The lowest BCUT2D eigenvalue weighted by molar-refractivity contribution is 1.26. The van der Waals surface area contributed by atoms with Crippen molar-refractivity contribution in [2.45, 2.75) is 0 Å². The first-order valence-electron chi connectivity index (χ1n) is 10.3. The number of benzene rings is 4. The Hall–Kier alpha value is -4.11. The maximum absolute atomic E-state index is 4.52. The molecule has 0 atom stereocenters. The van der Waals surface area contributed by atoms with Gasteiger partial charge in [0.15, 0.2) is 0 Å². The molecule has 0 saturated carbocycles. The van der Waals surface area contributed by atoms with Crippen molar-refractivity contribution in [1.29, 1.82) is 0 Å². The number of hydrogen-bond acceptors (Lipinski definition) is 1. The van der Waals surface area contributed by atoms with Gasteiger partial charge < -0.3 is 8.80 Å². The highest BCUT2D eigenvalue weighted by atomic mass is 15.0. The van der Waals surface area contributed by atoms with Crippen molar-refractivity contribution >= 4 is 65.4 Å². The van der Waals surface area contributed by atoms with E-state index >= 15 is 0 Å². The van der Waals surface area contributed by atoms with Crippen LogP contribution in [-0.2, 0) is 0 Å². The summed E-state index contributed by atoms with van der Waals surface area (Å²) < 4.78 is 4.91. The zero-order chi connectivity index (χ0) is 19.4. The molecule has 4 aromatic carbocycles. The lowest BCUT2D eigenvalue weighted by Gasteiger charge is -2.12. The predicted octanol–water partition coefficient (Wildman–Crippen LogP) is 6.79. The topological polar surface area (TPSA) is 21.7 Å². The molecule has 8 rings (SSSR count). The van der Waals surface area contributed by atoms with E-state index in [2.05, 4.69) is 92.6 Å². The van der Waals surface area contributed by atoms with Crippen LogP contribution < -0.4 is 0 Å². The molecule has 0 aliphatic heterocycles. The highest BCUT2D eigenvalue weighted by Crippen LogP contribution is 2.46. The predicted molar refractivity (Wildman–Crippen MR) is 125 cm³/mol. The lowest BCUT2D eigenvalue weighted by Crippen LogP contribution is -1.97. The Bertz CT molecular complexity index is 1670. The lowest BCUT2D eigenvalue weighted by atomic mass is 10.00. The fraction of sp³-hybridized carbons (Fsp3) is 0. The van der Waals surface area contributed by atoms with E-state index < -0.39 is 0 Å². The first-order chi connectivity index (χ1) is 14.9. The number of rotatable bonds is 0. The molecule has 0 radical (unpaired) electrons. The Morgan fingerprint density at radius 1 is 0.467 bits per heavy atom. The number of nitrogens with zero attached hydrogens (tertiary/aromatic N) is 3. The summed E-state index contributed by atoms with van der Waals surface area (Å²) in [5, 5.41) is 7.66. The third-order valence-corrected chi connectivity index (χ3v) is 6.70. The quantitative estimate of drug-likeness (QED) is 0.265. The molecule has 0 N–H and O–H groups in total. The molecular formula is C27H15N3. The molecule has 3 heteroatoms. The molecule has 0 aliphatic carbocycles. The molecule has 0 aliphatic rings. The molecule has 0 fully saturated rings. The molecule has 8 aromatic rings. The van der Waals surface area contributed by atoms with Gasteiger partial charge in [0, 0.05) is 39.3 Å².